The maximum Gasteiger partial charge on any atom is 0.339 e. The van der Waals surface area contributed by atoms with Crippen molar-refractivity contribution in [1.29, 1.82) is 0 Å². The fourth-order valence-corrected chi connectivity index (χ4v) is 3.01. The molecule has 0 N–H and O–H groups in total. The second kappa shape index (κ2) is 7.15. The quantitative estimate of drug-likeness (QED) is 0.483. The van der Waals surface area contributed by atoms with E-state index in [0.29, 0.717) is 34.5 Å². The number of nitrogens with zero attached hydrogens (tertiary/aromatic N) is 1. The van der Waals surface area contributed by atoms with Crippen molar-refractivity contribution in [2.24, 2.45) is 0 Å². The van der Waals surface area contributed by atoms with E-state index in [2.05, 4.69) is 4.98 Å². The van der Waals surface area contributed by atoms with E-state index in [1.165, 1.54) is 12.3 Å². The number of hydrogen-bond donors (Lipinski definition) is 0. The van der Waals surface area contributed by atoms with Crippen molar-refractivity contribution >= 4 is 16.9 Å². The number of halogens is 3. The fraction of sp³-hybridized carbons (Fsp3) is 0.200. The number of ether oxygens (including phenoxy) is 1. The number of aromatic nitrogens is 1. The zero-order valence-electron chi connectivity index (χ0n) is 14.3. The summed E-state index contributed by atoms with van der Waals surface area (Å²) in [6.45, 7) is 3.80. The number of rotatable bonds is 4. The Labute approximate surface area is 148 Å². The number of carbonyl (C=O) groups excluding carboxylic acids is 1. The number of carbonyl (C=O) groups is 1. The molecule has 0 aliphatic rings. The van der Waals surface area contributed by atoms with Gasteiger partial charge in [-0.2, -0.15) is 0 Å². The molecule has 0 aliphatic heterocycles. The van der Waals surface area contributed by atoms with Crippen molar-refractivity contribution in [3.8, 4) is 11.1 Å². The highest BCUT2D eigenvalue weighted by Gasteiger charge is 2.19. The summed E-state index contributed by atoms with van der Waals surface area (Å²) in [5, 5.41) is 0.611. The summed E-state index contributed by atoms with van der Waals surface area (Å²) in [6, 6.07) is 6.33. The SMILES string of the molecule is CCOC(=O)c1cnc2c(-c3cc(F)cc(F)c3F)cccc2c1CC. The van der Waals surface area contributed by atoms with Crippen LogP contribution in [0.2, 0.25) is 0 Å². The van der Waals surface area contributed by atoms with Gasteiger partial charge in [-0.3, -0.25) is 4.98 Å². The van der Waals surface area contributed by atoms with Gasteiger partial charge in [0, 0.05) is 28.8 Å². The second-order valence-corrected chi connectivity index (χ2v) is 5.68. The summed E-state index contributed by atoms with van der Waals surface area (Å²) in [5.41, 5.74) is 1.41. The topological polar surface area (TPSA) is 39.2 Å². The van der Waals surface area contributed by atoms with Gasteiger partial charge in [-0.05, 0) is 25.0 Å². The molecule has 0 bridgehead atoms. The summed E-state index contributed by atoms with van der Waals surface area (Å²) in [6.07, 6.45) is 1.87. The lowest BCUT2D eigenvalue weighted by Crippen LogP contribution is -2.09. The van der Waals surface area contributed by atoms with Crippen LogP contribution < -0.4 is 0 Å². The molecule has 2 aromatic carbocycles. The van der Waals surface area contributed by atoms with Gasteiger partial charge in [0.05, 0.1) is 17.7 Å². The minimum absolute atomic E-state index is 0.216. The average molecular weight is 359 g/mol. The predicted molar refractivity (Wildman–Crippen MR) is 92.4 cm³/mol. The van der Waals surface area contributed by atoms with Crippen molar-refractivity contribution in [2.45, 2.75) is 20.3 Å². The lowest BCUT2D eigenvalue weighted by Gasteiger charge is -2.13. The number of esters is 1. The Morgan fingerprint density at radius 2 is 1.88 bits per heavy atom. The van der Waals surface area contributed by atoms with E-state index in [0.717, 1.165) is 6.07 Å². The van der Waals surface area contributed by atoms with Gasteiger partial charge in [-0.25, -0.2) is 18.0 Å². The highest BCUT2D eigenvalue weighted by molar-refractivity contribution is 6.01. The van der Waals surface area contributed by atoms with Gasteiger partial charge < -0.3 is 4.74 Å². The normalized spacial score (nSPS) is 11.0. The summed E-state index contributed by atoms with van der Waals surface area (Å²) < 4.78 is 46.5. The van der Waals surface area contributed by atoms with Gasteiger partial charge in [-0.15, -0.1) is 0 Å². The van der Waals surface area contributed by atoms with Crippen LogP contribution in [0, 0.1) is 17.5 Å². The van der Waals surface area contributed by atoms with E-state index in [1.54, 1.807) is 19.1 Å². The van der Waals surface area contributed by atoms with Crippen LogP contribution in [0.3, 0.4) is 0 Å². The predicted octanol–water partition coefficient (Wildman–Crippen LogP) is 5.06. The molecule has 0 atom stereocenters. The molecule has 0 radical (unpaired) electrons. The molecule has 0 unspecified atom stereocenters. The summed E-state index contributed by atoms with van der Waals surface area (Å²) in [7, 11) is 0. The summed E-state index contributed by atoms with van der Waals surface area (Å²) in [5.74, 6) is -3.79. The van der Waals surface area contributed by atoms with Crippen LogP contribution >= 0.6 is 0 Å². The van der Waals surface area contributed by atoms with E-state index in [4.69, 9.17) is 4.74 Å². The minimum atomic E-state index is -1.27. The number of benzene rings is 2. The first-order valence-corrected chi connectivity index (χ1v) is 8.20. The molecule has 3 aromatic rings. The maximum atomic E-state index is 14.2. The standard InChI is InChI=1S/C20H16F3NO2/c1-3-12-13-6-5-7-14(15-8-11(21)9-17(22)18(15)23)19(13)24-10-16(12)20(25)26-4-2/h5-10H,3-4H2,1-2H3. The zero-order valence-corrected chi connectivity index (χ0v) is 14.3. The summed E-state index contributed by atoms with van der Waals surface area (Å²) in [4.78, 5) is 16.4. The first kappa shape index (κ1) is 17.9. The number of hydrogen-bond acceptors (Lipinski definition) is 3. The van der Waals surface area contributed by atoms with Crippen LogP contribution in [0.5, 0.6) is 0 Å². The van der Waals surface area contributed by atoms with Crippen LogP contribution in [0.25, 0.3) is 22.0 Å². The molecule has 0 amide bonds. The molecule has 1 aromatic heterocycles. The molecule has 0 aliphatic carbocycles. The Kier molecular flexibility index (Phi) is 4.93. The number of fused-ring (bicyclic) bond motifs is 1. The van der Waals surface area contributed by atoms with Crippen molar-refractivity contribution < 1.29 is 22.7 Å². The Hall–Kier alpha value is -2.89. The van der Waals surface area contributed by atoms with Crippen LogP contribution in [0.4, 0.5) is 13.2 Å². The van der Waals surface area contributed by atoms with E-state index < -0.39 is 23.4 Å². The van der Waals surface area contributed by atoms with Crippen molar-refractivity contribution in [2.75, 3.05) is 6.61 Å². The van der Waals surface area contributed by atoms with Gasteiger partial charge in [-0.1, -0.05) is 25.1 Å². The van der Waals surface area contributed by atoms with E-state index in [-0.39, 0.29) is 17.7 Å². The van der Waals surface area contributed by atoms with Crippen LogP contribution in [0.1, 0.15) is 29.8 Å². The van der Waals surface area contributed by atoms with Crippen molar-refractivity contribution in [3.05, 3.63) is 65.1 Å². The highest BCUT2D eigenvalue weighted by atomic mass is 19.2. The zero-order chi connectivity index (χ0) is 18.8. The highest BCUT2D eigenvalue weighted by Crippen LogP contribution is 2.33. The Morgan fingerprint density at radius 1 is 1.12 bits per heavy atom. The van der Waals surface area contributed by atoms with Crippen LogP contribution in [0.15, 0.2) is 36.5 Å². The third kappa shape index (κ3) is 3.03. The van der Waals surface area contributed by atoms with Gasteiger partial charge >= 0.3 is 5.97 Å². The Bertz CT molecular complexity index is 1000. The monoisotopic (exact) mass is 359 g/mol. The molecule has 3 nitrogen and oxygen atoms in total. The molecule has 6 heteroatoms. The molecule has 134 valence electrons. The molecule has 26 heavy (non-hydrogen) atoms. The molecule has 0 spiro atoms. The first-order chi connectivity index (χ1) is 12.5. The second-order valence-electron chi connectivity index (χ2n) is 5.68. The molecule has 0 fully saturated rings. The average Bonchev–Trinajstić information content (AvgIpc) is 2.63. The smallest absolute Gasteiger partial charge is 0.339 e. The third-order valence-electron chi connectivity index (χ3n) is 4.14. The van der Waals surface area contributed by atoms with Gasteiger partial charge in [0.25, 0.3) is 0 Å². The molecular formula is C20H16F3NO2. The van der Waals surface area contributed by atoms with Crippen molar-refractivity contribution in [3.63, 3.8) is 0 Å². The number of pyridine rings is 1. The van der Waals surface area contributed by atoms with E-state index in [9.17, 15) is 18.0 Å². The molecular weight excluding hydrogens is 343 g/mol. The van der Waals surface area contributed by atoms with Crippen LogP contribution in [-0.2, 0) is 11.2 Å². The Balaban J connectivity index is 2.29. The first-order valence-electron chi connectivity index (χ1n) is 8.20. The molecule has 0 saturated heterocycles. The molecule has 0 saturated carbocycles. The van der Waals surface area contributed by atoms with Gasteiger partial charge in [0.1, 0.15) is 5.82 Å². The number of aryl methyl sites for hydroxylation is 1. The third-order valence-corrected chi connectivity index (χ3v) is 4.14. The molecule has 1 heterocycles. The van der Waals surface area contributed by atoms with Crippen LogP contribution in [-0.4, -0.2) is 17.6 Å². The minimum Gasteiger partial charge on any atom is -0.462 e. The lowest BCUT2D eigenvalue weighted by atomic mass is 9.96. The van der Waals surface area contributed by atoms with Crippen molar-refractivity contribution in [1.82, 2.24) is 4.98 Å². The van der Waals surface area contributed by atoms with Gasteiger partial charge in [0.15, 0.2) is 11.6 Å². The largest absolute Gasteiger partial charge is 0.462 e. The van der Waals surface area contributed by atoms with Gasteiger partial charge in [0.2, 0.25) is 0 Å². The maximum absolute atomic E-state index is 14.2. The summed E-state index contributed by atoms with van der Waals surface area (Å²) >= 11 is 0. The number of para-hydroxylation sites is 1. The molecule has 3 rings (SSSR count). The van der Waals surface area contributed by atoms with E-state index in [1.807, 2.05) is 6.92 Å². The van der Waals surface area contributed by atoms with E-state index >= 15 is 0 Å². The Morgan fingerprint density at radius 3 is 2.58 bits per heavy atom. The fourth-order valence-electron chi connectivity index (χ4n) is 3.01. The lowest BCUT2D eigenvalue weighted by molar-refractivity contribution is 0.0525.